The quantitative estimate of drug-likeness (QED) is 0.273. The first-order valence-corrected chi connectivity index (χ1v) is 14.5. The first-order chi connectivity index (χ1) is 19.0. The van der Waals surface area contributed by atoms with E-state index in [1.165, 1.54) is 12.8 Å². The number of fused-ring (bicyclic) bond motifs is 2. The summed E-state index contributed by atoms with van der Waals surface area (Å²) < 4.78 is 24.1. The normalized spacial score (nSPS) is 17.6. The van der Waals surface area contributed by atoms with Crippen molar-refractivity contribution in [3.8, 4) is 11.5 Å². The van der Waals surface area contributed by atoms with Crippen molar-refractivity contribution in [1.29, 1.82) is 0 Å². The number of amides is 1. The number of ether oxygens (including phenoxy) is 3. The van der Waals surface area contributed by atoms with Crippen molar-refractivity contribution in [1.82, 2.24) is 9.80 Å². The summed E-state index contributed by atoms with van der Waals surface area (Å²) >= 11 is 3.46. The van der Waals surface area contributed by atoms with E-state index in [4.69, 9.17) is 18.6 Å². The molecular weight excluding hydrogens is 564 g/mol. The van der Waals surface area contributed by atoms with Gasteiger partial charge < -0.3 is 23.5 Å². The van der Waals surface area contributed by atoms with Gasteiger partial charge in [0.15, 0.2) is 16.9 Å². The highest BCUT2D eigenvalue weighted by molar-refractivity contribution is 9.10. The summed E-state index contributed by atoms with van der Waals surface area (Å²) in [6, 6.07) is 10.3. The lowest BCUT2D eigenvalue weighted by atomic mass is 9.98. The molecule has 0 spiro atoms. The van der Waals surface area contributed by atoms with Crippen LogP contribution in [0.15, 0.2) is 50.1 Å². The average molecular weight is 600 g/mol. The Balaban J connectivity index is 1.51. The molecule has 0 bridgehead atoms. The Bertz CT molecular complexity index is 1380. The van der Waals surface area contributed by atoms with Crippen molar-refractivity contribution in [3.63, 3.8) is 0 Å². The number of nitrogens with zero attached hydrogens (tertiary/aromatic N) is 2. The van der Waals surface area contributed by atoms with Crippen molar-refractivity contribution in [2.24, 2.45) is 0 Å². The number of rotatable bonds is 11. The molecule has 1 aromatic heterocycles. The molecule has 2 aliphatic rings. The van der Waals surface area contributed by atoms with Crippen LogP contribution >= 0.6 is 15.9 Å². The summed E-state index contributed by atoms with van der Waals surface area (Å²) in [7, 11) is 1.60. The molecule has 9 heteroatoms. The second-order valence-corrected chi connectivity index (χ2v) is 10.9. The standard InChI is InChI=1S/C30H35BrN2O6/c1-3-4-5-6-15-38-24-9-7-20(18-25(24)36-2)27-26-28(34)22-19-21(31)8-10-23(22)39-29(26)30(35)33(27)12-11-32-13-16-37-17-14-32/h7-10,18-19,27H,3-6,11-17H2,1-2H3. The van der Waals surface area contributed by atoms with E-state index in [1.54, 1.807) is 30.2 Å². The third-order valence-electron chi connectivity index (χ3n) is 7.45. The molecule has 1 unspecified atom stereocenters. The van der Waals surface area contributed by atoms with Crippen LogP contribution < -0.4 is 14.9 Å². The Labute approximate surface area is 236 Å². The van der Waals surface area contributed by atoms with Gasteiger partial charge in [-0.3, -0.25) is 14.5 Å². The fourth-order valence-electron chi connectivity index (χ4n) is 5.33. The summed E-state index contributed by atoms with van der Waals surface area (Å²) in [4.78, 5) is 31.6. The molecule has 5 rings (SSSR count). The van der Waals surface area contributed by atoms with Crippen molar-refractivity contribution in [2.75, 3.05) is 53.1 Å². The second-order valence-electron chi connectivity index (χ2n) is 9.99. The van der Waals surface area contributed by atoms with Crippen LogP contribution in [0.5, 0.6) is 11.5 Å². The third-order valence-corrected chi connectivity index (χ3v) is 7.94. The SMILES string of the molecule is CCCCCCOc1ccc(C2c3c(oc4ccc(Br)cc4c3=O)C(=O)N2CCN2CCOCC2)cc1OC. The van der Waals surface area contributed by atoms with Crippen LogP contribution in [0.3, 0.4) is 0 Å². The molecule has 1 saturated heterocycles. The molecule has 0 saturated carbocycles. The Kier molecular flexibility index (Phi) is 8.89. The maximum absolute atomic E-state index is 13.9. The summed E-state index contributed by atoms with van der Waals surface area (Å²) in [5.74, 6) is 1.05. The number of hydrogen-bond acceptors (Lipinski definition) is 7. The largest absolute Gasteiger partial charge is 0.493 e. The maximum Gasteiger partial charge on any atom is 0.290 e. The zero-order valence-corrected chi connectivity index (χ0v) is 24.1. The van der Waals surface area contributed by atoms with Gasteiger partial charge in [-0.05, 0) is 42.3 Å². The summed E-state index contributed by atoms with van der Waals surface area (Å²) in [6.45, 7) is 6.89. The highest BCUT2D eigenvalue weighted by Crippen LogP contribution is 2.41. The molecule has 0 radical (unpaired) electrons. The molecule has 3 aromatic rings. The number of carbonyl (C=O) groups excluding carboxylic acids is 1. The topological polar surface area (TPSA) is 81.5 Å². The molecule has 1 fully saturated rings. The zero-order valence-electron chi connectivity index (χ0n) is 22.5. The van der Waals surface area contributed by atoms with Crippen molar-refractivity contribution in [2.45, 2.75) is 38.6 Å². The number of hydrogen-bond donors (Lipinski definition) is 0. The van der Waals surface area contributed by atoms with E-state index in [0.29, 0.717) is 60.9 Å². The highest BCUT2D eigenvalue weighted by Gasteiger charge is 2.43. The van der Waals surface area contributed by atoms with E-state index < -0.39 is 6.04 Å². The molecule has 2 aromatic carbocycles. The predicted octanol–water partition coefficient (Wildman–Crippen LogP) is 5.40. The van der Waals surface area contributed by atoms with Gasteiger partial charge in [0.05, 0.1) is 43.9 Å². The third kappa shape index (κ3) is 5.85. The lowest BCUT2D eigenvalue weighted by Crippen LogP contribution is -2.42. The van der Waals surface area contributed by atoms with E-state index >= 15 is 0 Å². The number of morpholine rings is 1. The zero-order chi connectivity index (χ0) is 27.4. The highest BCUT2D eigenvalue weighted by atomic mass is 79.9. The number of methoxy groups -OCH3 is 1. The minimum Gasteiger partial charge on any atom is -0.493 e. The van der Waals surface area contributed by atoms with E-state index in [2.05, 4.69) is 27.8 Å². The number of carbonyl (C=O) groups is 1. The van der Waals surface area contributed by atoms with Gasteiger partial charge in [-0.15, -0.1) is 0 Å². The second kappa shape index (κ2) is 12.5. The molecule has 3 heterocycles. The van der Waals surface area contributed by atoms with Crippen LogP contribution in [0, 0.1) is 0 Å². The number of benzene rings is 2. The Hall–Kier alpha value is -2.88. The smallest absolute Gasteiger partial charge is 0.290 e. The molecular formula is C30H35BrN2O6. The molecule has 1 amide bonds. The minimum absolute atomic E-state index is 0.108. The van der Waals surface area contributed by atoms with Gasteiger partial charge in [0.25, 0.3) is 5.91 Å². The molecule has 2 aliphatic heterocycles. The van der Waals surface area contributed by atoms with Crippen LogP contribution in [0.2, 0.25) is 0 Å². The Morgan fingerprint density at radius 1 is 1.00 bits per heavy atom. The molecule has 208 valence electrons. The van der Waals surface area contributed by atoms with Gasteiger partial charge in [-0.1, -0.05) is 48.2 Å². The van der Waals surface area contributed by atoms with Crippen molar-refractivity contribution < 1.29 is 23.4 Å². The lowest BCUT2D eigenvalue weighted by Gasteiger charge is -2.31. The number of halogens is 1. The molecule has 39 heavy (non-hydrogen) atoms. The van der Waals surface area contributed by atoms with Crippen LogP contribution in [0.1, 0.15) is 60.3 Å². The van der Waals surface area contributed by atoms with E-state index in [1.807, 2.05) is 18.2 Å². The van der Waals surface area contributed by atoms with Crippen LogP contribution in [-0.2, 0) is 4.74 Å². The fourth-order valence-corrected chi connectivity index (χ4v) is 5.69. The average Bonchev–Trinajstić information content (AvgIpc) is 3.24. The summed E-state index contributed by atoms with van der Waals surface area (Å²) in [5, 5.41) is 0.440. The van der Waals surface area contributed by atoms with E-state index in [0.717, 1.165) is 36.0 Å². The van der Waals surface area contributed by atoms with Gasteiger partial charge in [0.1, 0.15) is 5.58 Å². The lowest BCUT2D eigenvalue weighted by molar-refractivity contribution is 0.0314. The minimum atomic E-state index is -0.597. The molecule has 1 atom stereocenters. The Morgan fingerprint density at radius 3 is 2.59 bits per heavy atom. The summed E-state index contributed by atoms with van der Waals surface area (Å²) in [6.07, 6.45) is 4.45. The fraction of sp³-hybridized carbons (Fsp3) is 0.467. The number of unbranched alkanes of at least 4 members (excludes halogenated alkanes) is 3. The Morgan fingerprint density at radius 2 is 1.82 bits per heavy atom. The first-order valence-electron chi connectivity index (χ1n) is 13.7. The van der Waals surface area contributed by atoms with E-state index in [9.17, 15) is 9.59 Å². The molecule has 0 aliphatic carbocycles. The van der Waals surface area contributed by atoms with E-state index in [-0.39, 0.29) is 17.1 Å². The van der Waals surface area contributed by atoms with Gasteiger partial charge >= 0.3 is 0 Å². The van der Waals surface area contributed by atoms with Crippen LogP contribution in [0.4, 0.5) is 0 Å². The first kappa shape index (κ1) is 27.7. The maximum atomic E-state index is 13.9. The van der Waals surface area contributed by atoms with Crippen LogP contribution in [0.25, 0.3) is 11.0 Å². The molecule has 8 nitrogen and oxygen atoms in total. The van der Waals surface area contributed by atoms with Gasteiger partial charge in [-0.2, -0.15) is 0 Å². The predicted molar refractivity (Wildman–Crippen MR) is 153 cm³/mol. The van der Waals surface area contributed by atoms with Gasteiger partial charge in [0.2, 0.25) is 5.76 Å². The summed E-state index contributed by atoms with van der Waals surface area (Å²) in [5.41, 5.74) is 1.34. The van der Waals surface area contributed by atoms with Crippen molar-refractivity contribution in [3.05, 3.63) is 68.0 Å². The van der Waals surface area contributed by atoms with Gasteiger partial charge in [-0.25, -0.2) is 0 Å². The monoisotopic (exact) mass is 598 g/mol. The van der Waals surface area contributed by atoms with Gasteiger partial charge in [0, 0.05) is 30.7 Å². The van der Waals surface area contributed by atoms with Crippen LogP contribution in [-0.4, -0.2) is 68.8 Å². The molecule has 0 N–H and O–H groups in total. The van der Waals surface area contributed by atoms with Crippen molar-refractivity contribution >= 4 is 32.8 Å².